The third-order valence-corrected chi connectivity index (χ3v) is 5.72. The van der Waals surface area contributed by atoms with E-state index < -0.39 is 5.97 Å². The van der Waals surface area contributed by atoms with Gasteiger partial charge in [0, 0.05) is 12.8 Å². The van der Waals surface area contributed by atoms with Crippen LogP contribution in [-0.4, -0.2) is 23.1 Å². The highest BCUT2D eigenvalue weighted by Crippen LogP contribution is 2.15. The Kier molecular flexibility index (Phi) is 22.4. The standard InChI is InChI=1S/C27H50O4/c1-3-5-7-9-11-12-14-20-24-27(30)31-25(21-17-13-10-8-6-4-2)22-18-15-16-19-23-26(28)29/h17,21,25H,3-16,18-20,22-24H2,1-2H3,(H,28,29)/b21-17-. The molecule has 0 aromatic rings. The van der Waals surface area contributed by atoms with E-state index >= 15 is 0 Å². The van der Waals surface area contributed by atoms with Crippen molar-refractivity contribution in [3.8, 4) is 0 Å². The van der Waals surface area contributed by atoms with Gasteiger partial charge in [0.15, 0.2) is 0 Å². The monoisotopic (exact) mass is 438 g/mol. The zero-order chi connectivity index (χ0) is 23.0. The number of allylic oxidation sites excluding steroid dienone is 1. The fourth-order valence-corrected chi connectivity index (χ4v) is 3.74. The molecule has 0 aliphatic heterocycles. The first kappa shape index (κ1) is 29.7. The van der Waals surface area contributed by atoms with Crippen LogP contribution in [-0.2, 0) is 14.3 Å². The SMILES string of the molecule is CCCCCC/C=C\C(CCCCCCC(=O)O)OC(=O)CCCCCCCCCC. The molecule has 0 rings (SSSR count). The van der Waals surface area contributed by atoms with Gasteiger partial charge in [0.1, 0.15) is 6.10 Å². The van der Waals surface area contributed by atoms with Crippen LogP contribution in [0.1, 0.15) is 142 Å². The molecule has 1 N–H and O–H groups in total. The van der Waals surface area contributed by atoms with Crippen molar-refractivity contribution < 1.29 is 19.4 Å². The smallest absolute Gasteiger partial charge is 0.306 e. The van der Waals surface area contributed by atoms with Crippen molar-refractivity contribution in [1.29, 1.82) is 0 Å². The first-order chi connectivity index (χ1) is 15.1. The summed E-state index contributed by atoms with van der Waals surface area (Å²) in [4.78, 5) is 22.9. The number of aliphatic carboxylic acids is 1. The van der Waals surface area contributed by atoms with Crippen molar-refractivity contribution in [2.75, 3.05) is 0 Å². The Morgan fingerprint density at radius 2 is 1.23 bits per heavy atom. The molecule has 1 atom stereocenters. The summed E-state index contributed by atoms with van der Waals surface area (Å²) in [5.74, 6) is -0.795. The quantitative estimate of drug-likeness (QED) is 0.0988. The highest BCUT2D eigenvalue weighted by atomic mass is 16.5. The average molecular weight is 439 g/mol. The summed E-state index contributed by atoms with van der Waals surface area (Å²) in [6, 6.07) is 0. The van der Waals surface area contributed by atoms with E-state index in [0.29, 0.717) is 6.42 Å². The van der Waals surface area contributed by atoms with Crippen LogP contribution in [0.2, 0.25) is 0 Å². The predicted octanol–water partition coefficient (Wildman–Crippen LogP) is 8.38. The normalized spacial score (nSPS) is 12.3. The van der Waals surface area contributed by atoms with Crippen LogP contribution >= 0.6 is 0 Å². The highest BCUT2D eigenvalue weighted by molar-refractivity contribution is 5.69. The molecule has 0 amide bonds. The molecular weight excluding hydrogens is 388 g/mol. The van der Waals surface area contributed by atoms with Gasteiger partial charge in [-0.05, 0) is 44.6 Å². The second-order valence-corrected chi connectivity index (χ2v) is 8.88. The molecule has 0 heterocycles. The van der Waals surface area contributed by atoms with E-state index in [1.165, 1.54) is 64.2 Å². The number of carboxylic acid groups (broad SMARTS) is 1. The third kappa shape index (κ3) is 23.2. The number of ether oxygens (including phenoxy) is 1. The van der Waals surface area contributed by atoms with Gasteiger partial charge in [0.2, 0.25) is 0 Å². The maximum absolute atomic E-state index is 12.3. The molecule has 1 unspecified atom stereocenters. The van der Waals surface area contributed by atoms with Crippen LogP contribution in [0.3, 0.4) is 0 Å². The van der Waals surface area contributed by atoms with Gasteiger partial charge in [-0.3, -0.25) is 9.59 Å². The fraction of sp³-hybridized carbons (Fsp3) is 0.852. The lowest BCUT2D eigenvalue weighted by atomic mass is 10.1. The van der Waals surface area contributed by atoms with Crippen molar-refractivity contribution in [3.63, 3.8) is 0 Å². The summed E-state index contributed by atoms with van der Waals surface area (Å²) in [6.45, 7) is 4.45. The van der Waals surface area contributed by atoms with Gasteiger partial charge in [0.05, 0.1) is 0 Å². The maximum Gasteiger partial charge on any atom is 0.306 e. The molecular formula is C27H50O4. The molecule has 0 aromatic heterocycles. The van der Waals surface area contributed by atoms with Crippen molar-refractivity contribution >= 4 is 11.9 Å². The second-order valence-electron chi connectivity index (χ2n) is 8.88. The summed E-state index contributed by atoms with van der Waals surface area (Å²) in [5.41, 5.74) is 0. The molecule has 0 aliphatic rings. The molecule has 0 saturated heterocycles. The Labute approximate surface area is 192 Å². The molecule has 0 bridgehead atoms. The van der Waals surface area contributed by atoms with Crippen molar-refractivity contribution in [3.05, 3.63) is 12.2 Å². The van der Waals surface area contributed by atoms with Gasteiger partial charge in [0.25, 0.3) is 0 Å². The Morgan fingerprint density at radius 1 is 0.710 bits per heavy atom. The number of carbonyl (C=O) groups is 2. The molecule has 0 spiro atoms. The lowest BCUT2D eigenvalue weighted by Gasteiger charge is -2.15. The van der Waals surface area contributed by atoms with E-state index in [1.54, 1.807) is 0 Å². The number of carbonyl (C=O) groups excluding carboxylic acids is 1. The van der Waals surface area contributed by atoms with E-state index in [9.17, 15) is 9.59 Å². The van der Waals surface area contributed by atoms with Gasteiger partial charge in [-0.15, -0.1) is 0 Å². The molecule has 4 nitrogen and oxygen atoms in total. The van der Waals surface area contributed by atoms with Gasteiger partial charge in [-0.2, -0.15) is 0 Å². The minimum atomic E-state index is -0.723. The minimum Gasteiger partial charge on any atom is -0.481 e. The summed E-state index contributed by atoms with van der Waals surface area (Å²) < 4.78 is 5.76. The molecule has 31 heavy (non-hydrogen) atoms. The number of hydrogen-bond acceptors (Lipinski definition) is 3. The molecule has 0 aliphatic carbocycles. The lowest BCUT2D eigenvalue weighted by Crippen LogP contribution is -2.16. The number of rotatable bonds is 23. The van der Waals surface area contributed by atoms with Crippen molar-refractivity contribution in [2.24, 2.45) is 0 Å². The predicted molar refractivity (Wildman–Crippen MR) is 130 cm³/mol. The van der Waals surface area contributed by atoms with Crippen LogP contribution in [0.15, 0.2) is 12.2 Å². The third-order valence-electron chi connectivity index (χ3n) is 5.72. The van der Waals surface area contributed by atoms with E-state index in [4.69, 9.17) is 9.84 Å². The Bertz CT molecular complexity index is 445. The summed E-state index contributed by atoms with van der Waals surface area (Å²) in [7, 11) is 0. The van der Waals surface area contributed by atoms with E-state index in [1.807, 2.05) is 0 Å². The molecule has 0 saturated carbocycles. The van der Waals surface area contributed by atoms with Gasteiger partial charge < -0.3 is 9.84 Å². The number of unbranched alkanes of at least 4 members (excludes halogenated alkanes) is 14. The number of hydrogen-bond donors (Lipinski definition) is 1. The van der Waals surface area contributed by atoms with Crippen LogP contribution in [0.5, 0.6) is 0 Å². The highest BCUT2D eigenvalue weighted by Gasteiger charge is 2.11. The summed E-state index contributed by atoms with van der Waals surface area (Å²) >= 11 is 0. The Hall–Kier alpha value is -1.32. The van der Waals surface area contributed by atoms with E-state index in [2.05, 4.69) is 26.0 Å². The number of carboxylic acids is 1. The number of esters is 1. The van der Waals surface area contributed by atoms with Crippen molar-refractivity contribution in [1.82, 2.24) is 0 Å². The zero-order valence-electron chi connectivity index (χ0n) is 20.5. The first-order valence-electron chi connectivity index (χ1n) is 13.2. The molecule has 182 valence electrons. The topological polar surface area (TPSA) is 63.6 Å². The fourth-order valence-electron chi connectivity index (χ4n) is 3.74. The van der Waals surface area contributed by atoms with Crippen LogP contribution < -0.4 is 0 Å². The largest absolute Gasteiger partial charge is 0.481 e. The minimum absolute atomic E-state index is 0.0718. The van der Waals surface area contributed by atoms with E-state index in [0.717, 1.165) is 51.4 Å². The summed E-state index contributed by atoms with van der Waals surface area (Å²) in [6.07, 6.45) is 25.1. The molecule has 0 aromatic carbocycles. The second kappa shape index (κ2) is 23.3. The Morgan fingerprint density at radius 3 is 1.84 bits per heavy atom. The van der Waals surface area contributed by atoms with Gasteiger partial charge in [-0.25, -0.2) is 0 Å². The molecule has 4 heteroatoms. The van der Waals surface area contributed by atoms with Crippen molar-refractivity contribution in [2.45, 2.75) is 148 Å². The summed E-state index contributed by atoms with van der Waals surface area (Å²) in [5, 5.41) is 8.72. The molecule has 0 radical (unpaired) electrons. The average Bonchev–Trinajstić information content (AvgIpc) is 2.74. The van der Waals surface area contributed by atoms with E-state index in [-0.39, 0.29) is 18.5 Å². The maximum atomic E-state index is 12.3. The lowest BCUT2D eigenvalue weighted by molar-refractivity contribution is -0.147. The van der Waals surface area contributed by atoms with Gasteiger partial charge >= 0.3 is 11.9 Å². The van der Waals surface area contributed by atoms with Crippen LogP contribution in [0.4, 0.5) is 0 Å². The van der Waals surface area contributed by atoms with Crippen LogP contribution in [0.25, 0.3) is 0 Å². The van der Waals surface area contributed by atoms with Crippen LogP contribution in [0, 0.1) is 0 Å². The Balaban J connectivity index is 4.11. The zero-order valence-corrected chi connectivity index (χ0v) is 20.5. The van der Waals surface area contributed by atoms with Gasteiger partial charge in [-0.1, -0.05) is 97.0 Å². The molecule has 0 fully saturated rings. The first-order valence-corrected chi connectivity index (χ1v) is 13.2.